The maximum absolute atomic E-state index is 12.8. The molecule has 0 aromatic heterocycles. The number of nitrogens with zero attached hydrogens (tertiary/aromatic N) is 1. The fraction of sp³-hybridized carbons (Fsp3) is 0.438. The summed E-state index contributed by atoms with van der Waals surface area (Å²) in [5, 5.41) is 7.00. The maximum atomic E-state index is 12.8. The summed E-state index contributed by atoms with van der Waals surface area (Å²) in [6.07, 6.45) is 2.45. The third-order valence-corrected chi connectivity index (χ3v) is 4.15. The SMILES string of the molecule is CCCCNC(=S)NN1C(=O)N[C@@](CC)(c2ccccc2)C1=O. The molecule has 1 saturated heterocycles. The zero-order chi connectivity index (χ0) is 16.9. The molecule has 0 saturated carbocycles. The van der Waals surface area contributed by atoms with E-state index < -0.39 is 11.6 Å². The molecule has 1 atom stereocenters. The molecular weight excluding hydrogens is 312 g/mol. The lowest BCUT2D eigenvalue weighted by Crippen LogP contribution is -2.51. The zero-order valence-corrected chi connectivity index (χ0v) is 14.2. The highest BCUT2D eigenvalue weighted by Gasteiger charge is 2.51. The fourth-order valence-electron chi connectivity index (χ4n) is 2.56. The highest BCUT2D eigenvalue weighted by molar-refractivity contribution is 7.80. The number of urea groups is 1. The van der Waals surface area contributed by atoms with E-state index in [1.54, 1.807) is 0 Å². The van der Waals surface area contributed by atoms with Crippen LogP contribution in [0.5, 0.6) is 0 Å². The van der Waals surface area contributed by atoms with Crippen molar-refractivity contribution in [1.82, 2.24) is 21.1 Å². The van der Waals surface area contributed by atoms with E-state index in [0.717, 1.165) is 23.4 Å². The number of hydrogen-bond donors (Lipinski definition) is 3. The summed E-state index contributed by atoms with van der Waals surface area (Å²) >= 11 is 5.14. The summed E-state index contributed by atoms with van der Waals surface area (Å²) in [4.78, 5) is 25.1. The number of amides is 3. The average Bonchev–Trinajstić information content (AvgIpc) is 2.81. The standard InChI is InChI=1S/C16H22N4O2S/c1-3-5-11-17-14(23)19-20-13(21)16(4-2,18-15(20)22)12-9-7-6-8-10-12/h6-10H,3-5,11H2,1-2H3,(H,18,22)(H2,17,19,23)/t16-/m0/s1. The Kier molecular flexibility index (Phi) is 5.54. The number of hydrazine groups is 1. The second kappa shape index (κ2) is 7.41. The molecule has 0 spiro atoms. The Bertz CT molecular complexity index is 593. The van der Waals surface area contributed by atoms with Crippen molar-refractivity contribution in [3.8, 4) is 0 Å². The Morgan fingerprint density at radius 1 is 1.26 bits per heavy atom. The van der Waals surface area contributed by atoms with Crippen molar-refractivity contribution in [2.75, 3.05) is 6.54 Å². The Morgan fingerprint density at radius 3 is 2.57 bits per heavy atom. The van der Waals surface area contributed by atoms with Crippen LogP contribution in [0.4, 0.5) is 4.79 Å². The van der Waals surface area contributed by atoms with Crippen molar-refractivity contribution < 1.29 is 9.59 Å². The van der Waals surface area contributed by atoms with Crippen molar-refractivity contribution >= 4 is 29.3 Å². The summed E-state index contributed by atoms with van der Waals surface area (Å²) in [6.45, 7) is 4.64. The topological polar surface area (TPSA) is 73.5 Å². The summed E-state index contributed by atoms with van der Waals surface area (Å²) < 4.78 is 0. The molecule has 1 heterocycles. The molecule has 1 fully saturated rings. The van der Waals surface area contributed by atoms with Crippen molar-refractivity contribution in [2.45, 2.75) is 38.6 Å². The Balaban J connectivity index is 2.14. The quantitative estimate of drug-likeness (QED) is 0.422. The molecule has 1 aromatic rings. The number of thiocarbonyl (C=S) groups is 1. The van der Waals surface area contributed by atoms with E-state index in [2.05, 4.69) is 23.0 Å². The first kappa shape index (κ1) is 17.2. The normalized spacial score (nSPS) is 20.3. The van der Waals surface area contributed by atoms with Gasteiger partial charge in [0.2, 0.25) is 0 Å². The second-order valence-corrected chi connectivity index (χ2v) is 5.83. The first-order valence-electron chi connectivity index (χ1n) is 7.82. The van der Waals surface area contributed by atoms with Gasteiger partial charge in [0.25, 0.3) is 5.91 Å². The van der Waals surface area contributed by atoms with Gasteiger partial charge in [0.15, 0.2) is 5.11 Å². The minimum absolute atomic E-state index is 0.266. The smallest absolute Gasteiger partial charge is 0.344 e. The van der Waals surface area contributed by atoms with Crippen LogP contribution < -0.4 is 16.1 Å². The van der Waals surface area contributed by atoms with Gasteiger partial charge >= 0.3 is 6.03 Å². The minimum Gasteiger partial charge on any atom is -0.361 e. The van der Waals surface area contributed by atoms with Crippen LogP contribution in [0.1, 0.15) is 38.7 Å². The van der Waals surface area contributed by atoms with E-state index in [9.17, 15) is 9.59 Å². The van der Waals surface area contributed by atoms with Crippen LogP contribution >= 0.6 is 12.2 Å². The van der Waals surface area contributed by atoms with Crippen molar-refractivity contribution in [3.05, 3.63) is 35.9 Å². The molecule has 0 unspecified atom stereocenters. The first-order valence-corrected chi connectivity index (χ1v) is 8.22. The van der Waals surface area contributed by atoms with Gasteiger partial charge in [-0.15, -0.1) is 0 Å². The van der Waals surface area contributed by atoms with Crippen LogP contribution in [0, 0.1) is 0 Å². The number of unbranched alkanes of at least 4 members (excludes halogenated alkanes) is 1. The molecule has 0 bridgehead atoms. The van der Waals surface area contributed by atoms with E-state index >= 15 is 0 Å². The molecule has 3 amide bonds. The number of benzene rings is 1. The molecule has 2 rings (SSSR count). The highest BCUT2D eigenvalue weighted by atomic mass is 32.1. The van der Waals surface area contributed by atoms with Crippen molar-refractivity contribution in [1.29, 1.82) is 0 Å². The number of rotatable bonds is 6. The predicted octanol–water partition coefficient (Wildman–Crippen LogP) is 2.02. The van der Waals surface area contributed by atoms with Gasteiger partial charge < -0.3 is 10.6 Å². The van der Waals surface area contributed by atoms with Crippen LogP contribution in [0.15, 0.2) is 30.3 Å². The third-order valence-electron chi connectivity index (χ3n) is 3.92. The van der Waals surface area contributed by atoms with E-state index in [-0.39, 0.29) is 11.0 Å². The van der Waals surface area contributed by atoms with Gasteiger partial charge in [0.1, 0.15) is 5.54 Å². The van der Waals surface area contributed by atoms with Crippen LogP contribution in [-0.2, 0) is 10.3 Å². The predicted molar refractivity (Wildman–Crippen MR) is 92.4 cm³/mol. The zero-order valence-electron chi connectivity index (χ0n) is 13.4. The fourth-order valence-corrected chi connectivity index (χ4v) is 2.75. The molecule has 6 nitrogen and oxygen atoms in total. The molecule has 1 aliphatic rings. The van der Waals surface area contributed by atoms with Crippen molar-refractivity contribution in [2.24, 2.45) is 0 Å². The largest absolute Gasteiger partial charge is 0.361 e. The molecule has 23 heavy (non-hydrogen) atoms. The van der Waals surface area contributed by atoms with Crippen LogP contribution in [0.2, 0.25) is 0 Å². The van der Waals surface area contributed by atoms with Crippen molar-refractivity contribution in [3.63, 3.8) is 0 Å². The molecule has 1 aromatic carbocycles. The van der Waals surface area contributed by atoms with E-state index in [1.165, 1.54) is 0 Å². The van der Waals surface area contributed by atoms with Gasteiger partial charge in [0, 0.05) is 6.54 Å². The van der Waals surface area contributed by atoms with E-state index in [0.29, 0.717) is 13.0 Å². The van der Waals surface area contributed by atoms with Gasteiger partial charge in [-0.1, -0.05) is 50.6 Å². The number of imide groups is 1. The van der Waals surface area contributed by atoms with Gasteiger partial charge in [-0.05, 0) is 30.6 Å². The lowest BCUT2D eigenvalue weighted by atomic mass is 9.87. The molecular formula is C16H22N4O2S. The molecule has 7 heteroatoms. The molecule has 1 aliphatic heterocycles. The highest BCUT2D eigenvalue weighted by Crippen LogP contribution is 2.31. The second-order valence-electron chi connectivity index (χ2n) is 5.42. The average molecular weight is 334 g/mol. The first-order chi connectivity index (χ1) is 11.0. The molecule has 0 radical (unpaired) electrons. The van der Waals surface area contributed by atoms with Crippen LogP contribution in [-0.4, -0.2) is 28.6 Å². The Morgan fingerprint density at radius 2 is 1.96 bits per heavy atom. The number of nitrogens with one attached hydrogen (secondary N) is 3. The van der Waals surface area contributed by atoms with Gasteiger partial charge in [-0.2, -0.15) is 5.01 Å². The van der Waals surface area contributed by atoms with E-state index in [4.69, 9.17) is 12.2 Å². The Labute approximate surface area is 141 Å². The van der Waals surface area contributed by atoms with Gasteiger partial charge in [0.05, 0.1) is 0 Å². The summed E-state index contributed by atoms with van der Waals surface area (Å²) in [5.41, 5.74) is 2.40. The monoisotopic (exact) mass is 334 g/mol. The van der Waals surface area contributed by atoms with Crippen LogP contribution in [0.3, 0.4) is 0 Å². The number of carbonyl (C=O) groups excluding carboxylic acids is 2. The molecule has 124 valence electrons. The maximum Gasteiger partial charge on any atom is 0.344 e. The molecule has 0 aliphatic carbocycles. The lowest BCUT2D eigenvalue weighted by molar-refractivity contribution is -0.133. The summed E-state index contributed by atoms with van der Waals surface area (Å²) in [5.74, 6) is -0.351. The summed E-state index contributed by atoms with van der Waals surface area (Å²) in [6, 6.07) is 8.74. The number of carbonyl (C=O) groups is 2. The van der Waals surface area contributed by atoms with Crippen LogP contribution in [0.25, 0.3) is 0 Å². The molecule has 3 N–H and O–H groups in total. The van der Waals surface area contributed by atoms with E-state index in [1.807, 2.05) is 37.3 Å². The minimum atomic E-state index is -1.05. The van der Waals surface area contributed by atoms with Gasteiger partial charge in [-0.3, -0.25) is 10.2 Å². The Hall–Kier alpha value is -2.15. The lowest BCUT2D eigenvalue weighted by Gasteiger charge is -2.25. The van der Waals surface area contributed by atoms with Gasteiger partial charge in [-0.25, -0.2) is 4.79 Å². The third kappa shape index (κ3) is 3.44. The summed E-state index contributed by atoms with van der Waals surface area (Å²) in [7, 11) is 0. The number of hydrogen-bond acceptors (Lipinski definition) is 3.